The van der Waals surface area contributed by atoms with Crippen molar-refractivity contribution in [3.05, 3.63) is 29.8 Å². The van der Waals surface area contributed by atoms with Gasteiger partial charge in [-0.1, -0.05) is 18.2 Å². The number of anilines is 1. The van der Waals surface area contributed by atoms with E-state index in [0.29, 0.717) is 6.54 Å². The van der Waals surface area contributed by atoms with Crippen LogP contribution in [0.4, 0.5) is 5.69 Å². The standard InChI is InChI=1S/C12H13NO4/c1-8(14)16-12-7-13(17-9(2)15)11-6-4-3-5-10(11)12/h3-6,12H,7H2,1-2H3. The molecule has 1 heterocycles. The van der Waals surface area contributed by atoms with Gasteiger partial charge in [0.1, 0.15) is 6.10 Å². The van der Waals surface area contributed by atoms with Crippen LogP contribution in [-0.2, 0) is 19.2 Å². The molecule has 5 heteroatoms. The summed E-state index contributed by atoms with van der Waals surface area (Å²) in [6.07, 6.45) is -0.386. The lowest BCUT2D eigenvalue weighted by Gasteiger charge is -2.17. The molecule has 17 heavy (non-hydrogen) atoms. The van der Waals surface area contributed by atoms with Gasteiger partial charge in [0.05, 0.1) is 12.2 Å². The van der Waals surface area contributed by atoms with Gasteiger partial charge in [0.2, 0.25) is 0 Å². The van der Waals surface area contributed by atoms with Crippen molar-refractivity contribution in [1.82, 2.24) is 0 Å². The number of hydrogen-bond acceptors (Lipinski definition) is 5. The Hall–Kier alpha value is -2.04. The van der Waals surface area contributed by atoms with Crippen molar-refractivity contribution in [3.8, 4) is 0 Å². The maximum Gasteiger partial charge on any atom is 0.329 e. The molecule has 0 aromatic heterocycles. The van der Waals surface area contributed by atoms with Crippen LogP contribution in [0.2, 0.25) is 0 Å². The molecule has 1 atom stereocenters. The normalized spacial score (nSPS) is 17.5. The average Bonchev–Trinajstić information content (AvgIpc) is 2.56. The summed E-state index contributed by atoms with van der Waals surface area (Å²) in [6.45, 7) is 3.03. The molecule has 0 aliphatic carbocycles. The zero-order valence-corrected chi connectivity index (χ0v) is 9.67. The van der Waals surface area contributed by atoms with Crippen LogP contribution < -0.4 is 5.06 Å². The van der Waals surface area contributed by atoms with E-state index in [2.05, 4.69) is 0 Å². The fourth-order valence-electron chi connectivity index (χ4n) is 1.88. The number of rotatable bonds is 2. The van der Waals surface area contributed by atoms with Gasteiger partial charge in [-0.3, -0.25) is 9.59 Å². The average molecular weight is 235 g/mol. The van der Waals surface area contributed by atoms with Crippen molar-refractivity contribution in [2.24, 2.45) is 0 Å². The molecular weight excluding hydrogens is 222 g/mol. The van der Waals surface area contributed by atoms with Crippen molar-refractivity contribution in [3.63, 3.8) is 0 Å². The molecule has 0 saturated carbocycles. The van der Waals surface area contributed by atoms with Crippen LogP contribution in [0.15, 0.2) is 24.3 Å². The molecule has 0 N–H and O–H groups in total. The Bertz CT molecular complexity index is 417. The highest BCUT2D eigenvalue weighted by molar-refractivity contribution is 5.71. The van der Waals surface area contributed by atoms with Gasteiger partial charge in [0.25, 0.3) is 0 Å². The number of hydroxylamine groups is 1. The van der Waals surface area contributed by atoms with Crippen molar-refractivity contribution in [2.75, 3.05) is 11.6 Å². The van der Waals surface area contributed by atoms with Gasteiger partial charge in [-0.15, -0.1) is 0 Å². The predicted octanol–water partition coefficient (Wildman–Crippen LogP) is 1.59. The molecule has 2 rings (SSSR count). The van der Waals surface area contributed by atoms with E-state index in [4.69, 9.17) is 9.57 Å². The van der Waals surface area contributed by atoms with Crippen LogP contribution in [0.1, 0.15) is 25.5 Å². The highest BCUT2D eigenvalue weighted by atomic mass is 16.7. The Labute approximate surface area is 98.9 Å². The van der Waals surface area contributed by atoms with Crippen molar-refractivity contribution < 1.29 is 19.2 Å². The van der Waals surface area contributed by atoms with Crippen LogP contribution in [-0.4, -0.2) is 18.5 Å². The summed E-state index contributed by atoms with van der Waals surface area (Å²) in [6, 6.07) is 7.37. The number of carbonyl (C=O) groups excluding carboxylic acids is 2. The Balaban J connectivity index is 2.26. The van der Waals surface area contributed by atoms with Crippen LogP contribution in [0.5, 0.6) is 0 Å². The second kappa shape index (κ2) is 4.45. The smallest absolute Gasteiger partial charge is 0.329 e. The molecule has 1 aromatic carbocycles. The van der Waals surface area contributed by atoms with Gasteiger partial charge in [-0.05, 0) is 6.07 Å². The number of carbonyl (C=O) groups is 2. The first-order chi connectivity index (χ1) is 8.08. The Morgan fingerprint density at radius 2 is 1.94 bits per heavy atom. The van der Waals surface area contributed by atoms with E-state index in [9.17, 15) is 9.59 Å². The summed E-state index contributed by atoms with van der Waals surface area (Å²) in [4.78, 5) is 27.0. The Morgan fingerprint density at radius 1 is 1.24 bits per heavy atom. The molecule has 90 valence electrons. The number of hydrogen-bond donors (Lipinski definition) is 0. The van der Waals surface area contributed by atoms with Crippen LogP contribution >= 0.6 is 0 Å². The van der Waals surface area contributed by atoms with E-state index in [1.807, 2.05) is 24.3 Å². The van der Waals surface area contributed by atoms with Gasteiger partial charge in [0, 0.05) is 19.4 Å². The summed E-state index contributed by atoms with van der Waals surface area (Å²) in [5.41, 5.74) is 1.61. The SMILES string of the molecule is CC(=O)OC1CN(OC(C)=O)c2ccccc21. The minimum atomic E-state index is -0.400. The first-order valence-electron chi connectivity index (χ1n) is 5.30. The largest absolute Gasteiger partial charge is 0.456 e. The molecule has 0 bridgehead atoms. The molecule has 0 fully saturated rings. The number of benzene rings is 1. The molecule has 1 unspecified atom stereocenters. The molecule has 1 aliphatic heterocycles. The van der Waals surface area contributed by atoms with Gasteiger partial charge < -0.3 is 9.57 Å². The Morgan fingerprint density at radius 3 is 2.59 bits per heavy atom. The van der Waals surface area contributed by atoms with Crippen LogP contribution in [0, 0.1) is 0 Å². The second-order valence-corrected chi connectivity index (χ2v) is 3.80. The molecular formula is C12H13NO4. The Kier molecular flexibility index (Phi) is 2.99. The van der Waals surface area contributed by atoms with Gasteiger partial charge >= 0.3 is 11.9 Å². The molecule has 0 amide bonds. The first kappa shape index (κ1) is 11.4. The maximum absolute atomic E-state index is 11.0. The van der Waals surface area contributed by atoms with Crippen molar-refractivity contribution in [2.45, 2.75) is 20.0 Å². The van der Waals surface area contributed by atoms with E-state index in [-0.39, 0.29) is 12.1 Å². The molecule has 1 aliphatic rings. The minimum absolute atomic E-state index is 0.332. The fraction of sp³-hybridized carbons (Fsp3) is 0.333. The third-order valence-electron chi connectivity index (χ3n) is 2.43. The highest BCUT2D eigenvalue weighted by Crippen LogP contribution is 2.36. The molecule has 0 radical (unpaired) electrons. The minimum Gasteiger partial charge on any atom is -0.456 e. The quantitative estimate of drug-likeness (QED) is 0.728. The lowest BCUT2D eigenvalue weighted by Crippen LogP contribution is -2.25. The predicted molar refractivity (Wildman–Crippen MR) is 60.1 cm³/mol. The number of fused-ring (bicyclic) bond motifs is 1. The van der Waals surface area contributed by atoms with E-state index >= 15 is 0 Å². The summed E-state index contributed by atoms with van der Waals surface area (Å²) < 4.78 is 5.18. The van der Waals surface area contributed by atoms with Gasteiger partial charge in [-0.25, -0.2) is 5.06 Å². The van der Waals surface area contributed by atoms with Crippen molar-refractivity contribution in [1.29, 1.82) is 0 Å². The van der Waals surface area contributed by atoms with E-state index in [1.54, 1.807) is 0 Å². The zero-order chi connectivity index (χ0) is 12.4. The monoisotopic (exact) mass is 235 g/mol. The lowest BCUT2D eigenvalue weighted by molar-refractivity contribution is -0.147. The number of para-hydroxylation sites is 1. The third kappa shape index (κ3) is 2.38. The molecule has 0 saturated heterocycles. The highest BCUT2D eigenvalue weighted by Gasteiger charge is 2.32. The first-order valence-corrected chi connectivity index (χ1v) is 5.30. The van der Waals surface area contributed by atoms with Crippen molar-refractivity contribution >= 4 is 17.6 Å². The van der Waals surface area contributed by atoms with E-state index in [0.717, 1.165) is 11.3 Å². The maximum atomic E-state index is 11.0. The number of ether oxygens (including phenoxy) is 1. The van der Waals surface area contributed by atoms with E-state index in [1.165, 1.54) is 18.9 Å². The summed E-state index contributed by atoms with van der Waals surface area (Å²) in [7, 11) is 0. The topological polar surface area (TPSA) is 55.8 Å². The van der Waals surface area contributed by atoms with Crippen LogP contribution in [0.25, 0.3) is 0 Å². The lowest BCUT2D eigenvalue weighted by atomic mass is 10.1. The number of esters is 1. The van der Waals surface area contributed by atoms with Gasteiger partial charge in [-0.2, -0.15) is 0 Å². The molecule has 5 nitrogen and oxygen atoms in total. The molecule has 0 spiro atoms. The van der Waals surface area contributed by atoms with Gasteiger partial charge in [0.15, 0.2) is 0 Å². The summed E-state index contributed by atoms with van der Waals surface area (Å²) in [5.74, 6) is -0.752. The molecule has 1 aromatic rings. The zero-order valence-electron chi connectivity index (χ0n) is 9.67. The second-order valence-electron chi connectivity index (χ2n) is 3.80. The third-order valence-corrected chi connectivity index (χ3v) is 2.43. The summed E-state index contributed by atoms with van der Waals surface area (Å²) in [5, 5.41) is 1.45. The van der Waals surface area contributed by atoms with Crippen LogP contribution in [0.3, 0.4) is 0 Å². The summed E-state index contributed by atoms with van der Waals surface area (Å²) >= 11 is 0. The number of nitrogens with zero attached hydrogens (tertiary/aromatic N) is 1. The fourth-order valence-corrected chi connectivity index (χ4v) is 1.88. The van der Waals surface area contributed by atoms with E-state index < -0.39 is 5.97 Å².